The molecule has 0 fully saturated rings. The second-order valence-electron chi connectivity index (χ2n) is 4.95. The first-order chi connectivity index (χ1) is 10.7. The molecular weight excluding hydrogens is 389 g/mol. The maximum absolute atomic E-state index is 12.2. The number of benzene rings is 2. The lowest BCUT2D eigenvalue weighted by molar-refractivity contribution is 0.0949. The Bertz CT molecular complexity index is 808. The van der Waals surface area contributed by atoms with E-state index in [0.29, 0.717) is 12.1 Å². The van der Waals surface area contributed by atoms with E-state index in [1.54, 1.807) is 0 Å². The average molecular weight is 405 g/mol. The van der Waals surface area contributed by atoms with Crippen molar-refractivity contribution in [1.29, 1.82) is 0 Å². The summed E-state index contributed by atoms with van der Waals surface area (Å²) in [5.41, 5.74) is 2.73. The summed E-state index contributed by atoms with van der Waals surface area (Å²) in [5, 5.41) is 2.95. The Labute approximate surface area is 142 Å². The minimum Gasteiger partial charge on any atom is -0.345 e. The number of hydrogen-bond donors (Lipinski definition) is 1. The molecule has 3 rings (SSSR count). The number of amides is 1. The Morgan fingerprint density at radius 3 is 2.64 bits per heavy atom. The third-order valence-electron chi connectivity index (χ3n) is 3.56. The number of aromatic nitrogens is 2. The van der Waals surface area contributed by atoms with Crippen molar-refractivity contribution in [3.8, 4) is 0 Å². The van der Waals surface area contributed by atoms with Crippen molar-refractivity contribution in [2.24, 2.45) is 0 Å². The number of para-hydroxylation sites is 2. The number of fused-ring (bicyclic) bond motifs is 1. The van der Waals surface area contributed by atoms with E-state index in [2.05, 4.69) is 50.4 Å². The molecular formula is C17H16IN3O. The van der Waals surface area contributed by atoms with Crippen LogP contribution in [0.25, 0.3) is 11.0 Å². The fourth-order valence-electron chi connectivity index (χ4n) is 2.48. The summed E-state index contributed by atoms with van der Waals surface area (Å²) in [6.07, 6.45) is 0. The van der Waals surface area contributed by atoms with E-state index in [0.717, 1.165) is 27.0 Å². The van der Waals surface area contributed by atoms with Gasteiger partial charge in [-0.15, -0.1) is 0 Å². The molecule has 0 unspecified atom stereocenters. The van der Waals surface area contributed by atoms with Crippen LogP contribution < -0.4 is 5.32 Å². The van der Waals surface area contributed by atoms with E-state index >= 15 is 0 Å². The Balaban J connectivity index is 1.79. The van der Waals surface area contributed by atoms with Crippen LogP contribution in [0.2, 0.25) is 0 Å². The van der Waals surface area contributed by atoms with Crippen molar-refractivity contribution in [3.63, 3.8) is 0 Å². The highest BCUT2D eigenvalue weighted by molar-refractivity contribution is 14.1. The van der Waals surface area contributed by atoms with Gasteiger partial charge in [0, 0.05) is 15.7 Å². The summed E-state index contributed by atoms with van der Waals surface area (Å²) in [6.45, 7) is 3.33. The van der Waals surface area contributed by atoms with Crippen LogP contribution in [0.4, 0.5) is 0 Å². The fraction of sp³-hybridized carbons (Fsp3) is 0.176. The van der Waals surface area contributed by atoms with Crippen molar-refractivity contribution in [2.45, 2.75) is 20.0 Å². The van der Waals surface area contributed by atoms with Crippen LogP contribution in [0.1, 0.15) is 23.1 Å². The molecule has 3 aromatic rings. The summed E-state index contributed by atoms with van der Waals surface area (Å²) in [7, 11) is 0. The molecule has 0 aliphatic carbocycles. The molecule has 0 atom stereocenters. The molecule has 0 radical (unpaired) electrons. The summed E-state index contributed by atoms with van der Waals surface area (Å²) in [4.78, 5) is 16.8. The Morgan fingerprint density at radius 1 is 1.18 bits per heavy atom. The molecule has 2 aromatic carbocycles. The molecule has 0 bridgehead atoms. The number of imidazole rings is 1. The zero-order valence-electron chi connectivity index (χ0n) is 12.2. The van der Waals surface area contributed by atoms with Crippen LogP contribution in [0.15, 0.2) is 48.5 Å². The Morgan fingerprint density at radius 2 is 1.91 bits per heavy atom. The van der Waals surface area contributed by atoms with Gasteiger partial charge in [0.15, 0.2) is 0 Å². The first-order valence-corrected chi connectivity index (χ1v) is 8.25. The van der Waals surface area contributed by atoms with Gasteiger partial charge in [0.05, 0.1) is 17.6 Å². The number of hydrogen-bond acceptors (Lipinski definition) is 2. The number of rotatable bonds is 4. The zero-order valence-corrected chi connectivity index (χ0v) is 14.4. The number of halogens is 1. The van der Waals surface area contributed by atoms with Gasteiger partial charge in [-0.05, 0) is 65.9 Å². The first kappa shape index (κ1) is 15.0. The molecule has 1 aromatic heterocycles. The van der Waals surface area contributed by atoms with Crippen LogP contribution in [-0.4, -0.2) is 15.5 Å². The molecule has 5 heteroatoms. The topological polar surface area (TPSA) is 46.9 Å². The summed E-state index contributed by atoms with van der Waals surface area (Å²) < 4.78 is 3.24. The van der Waals surface area contributed by atoms with Crippen LogP contribution in [0.5, 0.6) is 0 Å². The lowest BCUT2D eigenvalue weighted by Crippen LogP contribution is -2.24. The number of nitrogens with one attached hydrogen (secondary N) is 1. The van der Waals surface area contributed by atoms with Gasteiger partial charge in [-0.1, -0.05) is 12.1 Å². The van der Waals surface area contributed by atoms with Crippen LogP contribution in [0, 0.1) is 3.57 Å². The lowest BCUT2D eigenvalue weighted by Gasteiger charge is -2.08. The van der Waals surface area contributed by atoms with Crippen molar-refractivity contribution in [2.75, 3.05) is 0 Å². The van der Waals surface area contributed by atoms with Gasteiger partial charge in [0.25, 0.3) is 5.91 Å². The van der Waals surface area contributed by atoms with Crippen molar-refractivity contribution < 1.29 is 4.79 Å². The van der Waals surface area contributed by atoms with Gasteiger partial charge in [-0.2, -0.15) is 0 Å². The highest BCUT2D eigenvalue weighted by Gasteiger charge is 2.11. The molecule has 0 saturated heterocycles. The zero-order chi connectivity index (χ0) is 15.5. The summed E-state index contributed by atoms with van der Waals surface area (Å²) >= 11 is 2.22. The van der Waals surface area contributed by atoms with Crippen LogP contribution in [0.3, 0.4) is 0 Å². The number of aryl methyl sites for hydroxylation is 1. The predicted molar refractivity (Wildman–Crippen MR) is 95.7 cm³/mol. The van der Waals surface area contributed by atoms with E-state index in [-0.39, 0.29) is 5.91 Å². The highest BCUT2D eigenvalue weighted by atomic mass is 127. The third-order valence-corrected chi connectivity index (χ3v) is 4.28. The first-order valence-electron chi connectivity index (χ1n) is 7.17. The molecule has 0 aliphatic heterocycles. The monoisotopic (exact) mass is 405 g/mol. The van der Waals surface area contributed by atoms with Crippen LogP contribution >= 0.6 is 22.6 Å². The van der Waals surface area contributed by atoms with Gasteiger partial charge >= 0.3 is 0 Å². The maximum Gasteiger partial charge on any atom is 0.251 e. The van der Waals surface area contributed by atoms with Crippen molar-refractivity contribution >= 4 is 39.5 Å². The van der Waals surface area contributed by atoms with Gasteiger partial charge in [0.1, 0.15) is 5.82 Å². The normalized spacial score (nSPS) is 10.8. The molecule has 0 spiro atoms. The van der Waals surface area contributed by atoms with Crippen molar-refractivity contribution in [3.05, 3.63) is 63.5 Å². The quantitative estimate of drug-likeness (QED) is 0.675. The largest absolute Gasteiger partial charge is 0.345 e. The third kappa shape index (κ3) is 2.99. The Kier molecular flexibility index (Phi) is 4.42. The molecule has 4 nitrogen and oxygen atoms in total. The average Bonchev–Trinajstić information content (AvgIpc) is 2.90. The molecule has 1 amide bonds. The van der Waals surface area contributed by atoms with E-state index in [1.165, 1.54) is 0 Å². The standard InChI is InChI=1S/C17H16IN3O/c1-2-21-15-6-4-3-5-14(15)20-16(21)11-19-17(22)12-7-9-13(18)10-8-12/h3-10H,2,11H2,1H3,(H,19,22). The minimum atomic E-state index is -0.0777. The van der Waals surface area contributed by atoms with E-state index < -0.39 is 0 Å². The second-order valence-corrected chi connectivity index (χ2v) is 6.20. The molecule has 0 saturated carbocycles. The van der Waals surface area contributed by atoms with E-state index in [4.69, 9.17) is 0 Å². The SMILES string of the molecule is CCn1c(CNC(=O)c2ccc(I)cc2)nc2ccccc21. The number of carbonyl (C=O) groups excluding carboxylic acids is 1. The molecule has 0 aliphatic rings. The molecule has 22 heavy (non-hydrogen) atoms. The van der Waals surface area contributed by atoms with Gasteiger partial charge in [0.2, 0.25) is 0 Å². The Hall–Kier alpha value is -1.89. The van der Waals surface area contributed by atoms with E-state index in [1.807, 2.05) is 42.5 Å². The van der Waals surface area contributed by atoms with Gasteiger partial charge in [-0.25, -0.2) is 4.98 Å². The van der Waals surface area contributed by atoms with Crippen LogP contribution in [-0.2, 0) is 13.1 Å². The smallest absolute Gasteiger partial charge is 0.251 e. The molecule has 112 valence electrons. The summed E-state index contributed by atoms with van der Waals surface area (Å²) in [5.74, 6) is 0.800. The number of nitrogens with zero attached hydrogens (tertiary/aromatic N) is 2. The van der Waals surface area contributed by atoms with Gasteiger partial charge < -0.3 is 9.88 Å². The summed E-state index contributed by atoms with van der Waals surface area (Å²) in [6, 6.07) is 15.5. The predicted octanol–water partition coefficient (Wildman–Crippen LogP) is 3.59. The number of carbonyl (C=O) groups is 1. The minimum absolute atomic E-state index is 0.0777. The molecule has 1 N–H and O–H groups in total. The maximum atomic E-state index is 12.2. The van der Waals surface area contributed by atoms with E-state index in [9.17, 15) is 4.79 Å². The second kappa shape index (κ2) is 6.48. The fourth-order valence-corrected chi connectivity index (χ4v) is 2.84. The van der Waals surface area contributed by atoms with Crippen molar-refractivity contribution in [1.82, 2.24) is 14.9 Å². The lowest BCUT2D eigenvalue weighted by atomic mass is 10.2. The highest BCUT2D eigenvalue weighted by Crippen LogP contribution is 2.16. The van der Waals surface area contributed by atoms with Gasteiger partial charge in [-0.3, -0.25) is 4.79 Å². The molecule has 1 heterocycles.